The molecule has 1 aliphatic rings. The van der Waals surface area contributed by atoms with Gasteiger partial charge in [0.15, 0.2) is 0 Å². The van der Waals surface area contributed by atoms with Crippen molar-refractivity contribution in [3.8, 4) is 16.2 Å². The summed E-state index contributed by atoms with van der Waals surface area (Å²) >= 11 is 1.80. The smallest absolute Gasteiger partial charge is 0.127 e. The SMILES string of the molecule is c1cncc(CC2COc3ccccc3-c3sccc32)c1. The van der Waals surface area contributed by atoms with Crippen LogP contribution in [-0.4, -0.2) is 11.6 Å². The van der Waals surface area contributed by atoms with Gasteiger partial charge in [-0.25, -0.2) is 0 Å². The number of para-hydroxylation sites is 1. The molecule has 3 aromatic rings. The molecule has 0 amide bonds. The first-order valence-corrected chi connectivity index (χ1v) is 7.98. The third-order valence-electron chi connectivity index (χ3n) is 3.91. The van der Waals surface area contributed by atoms with Crippen LogP contribution < -0.4 is 4.74 Å². The van der Waals surface area contributed by atoms with Gasteiger partial charge in [-0.2, -0.15) is 0 Å². The lowest BCUT2D eigenvalue weighted by molar-refractivity contribution is 0.292. The van der Waals surface area contributed by atoms with Gasteiger partial charge in [0, 0.05) is 28.8 Å². The average molecular weight is 293 g/mol. The Labute approximate surface area is 128 Å². The molecular formula is C18H15NOS. The molecule has 0 radical (unpaired) electrons. The molecule has 1 atom stereocenters. The fourth-order valence-electron chi connectivity index (χ4n) is 2.89. The van der Waals surface area contributed by atoms with Gasteiger partial charge >= 0.3 is 0 Å². The summed E-state index contributed by atoms with van der Waals surface area (Å²) in [4.78, 5) is 5.56. The van der Waals surface area contributed by atoms with Gasteiger partial charge in [0.1, 0.15) is 5.75 Å². The Morgan fingerprint density at radius 2 is 2.10 bits per heavy atom. The van der Waals surface area contributed by atoms with E-state index in [0.717, 1.165) is 18.8 Å². The second kappa shape index (κ2) is 5.34. The zero-order valence-electron chi connectivity index (χ0n) is 11.5. The molecule has 3 heterocycles. The van der Waals surface area contributed by atoms with Crippen LogP contribution in [0, 0.1) is 0 Å². The van der Waals surface area contributed by atoms with Gasteiger partial charge in [-0.1, -0.05) is 18.2 Å². The van der Waals surface area contributed by atoms with Crippen LogP contribution in [0.1, 0.15) is 17.0 Å². The van der Waals surface area contributed by atoms with E-state index in [1.165, 1.54) is 21.6 Å². The first-order valence-electron chi connectivity index (χ1n) is 7.10. The predicted molar refractivity (Wildman–Crippen MR) is 85.9 cm³/mol. The number of ether oxygens (including phenoxy) is 1. The average Bonchev–Trinajstić information content (AvgIpc) is 2.97. The van der Waals surface area contributed by atoms with Gasteiger partial charge in [-0.15, -0.1) is 11.3 Å². The van der Waals surface area contributed by atoms with Crippen molar-refractivity contribution in [2.24, 2.45) is 0 Å². The third kappa shape index (κ3) is 2.34. The minimum Gasteiger partial charge on any atom is -0.492 e. The maximum Gasteiger partial charge on any atom is 0.127 e. The number of fused-ring (bicyclic) bond motifs is 3. The standard InChI is InChI=1S/C18H15NOS/c1-2-6-17-16(5-1)18-15(7-9-21-18)14(12-20-17)10-13-4-3-8-19-11-13/h1-9,11,14H,10,12H2. The summed E-state index contributed by atoms with van der Waals surface area (Å²) in [6, 6.07) is 14.7. The Kier molecular flexibility index (Phi) is 3.20. The van der Waals surface area contributed by atoms with E-state index in [-0.39, 0.29) is 0 Å². The minimum atomic E-state index is 0.378. The molecule has 0 fully saturated rings. The molecule has 104 valence electrons. The van der Waals surface area contributed by atoms with Gasteiger partial charge in [-0.05, 0) is 47.2 Å². The molecule has 0 aliphatic carbocycles. The summed E-state index contributed by atoms with van der Waals surface area (Å²) in [6.45, 7) is 0.718. The van der Waals surface area contributed by atoms with E-state index < -0.39 is 0 Å². The van der Waals surface area contributed by atoms with Gasteiger partial charge in [0.2, 0.25) is 0 Å². The summed E-state index contributed by atoms with van der Waals surface area (Å²) in [5, 5.41) is 2.18. The van der Waals surface area contributed by atoms with E-state index in [0.29, 0.717) is 5.92 Å². The molecule has 4 rings (SSSR count). The van der Waals surface area contributed by atoms with E-state index >= 15 is 0 Å². The Morgan fingerprint density at radius 1 is 1.14 bits per heavy atom. The maximum absolute atomic E-state index is 6.06. The number of benzene rings is 1. The van der Waals surface area contributed by atoms with Crippen molar-refractivity contribution in [2.45, 2.75) is 12.3 Å². The quantitative estimate of drug-likeness (QED) is 0.692. The number of rotatable bonds is 2. The van der Waals surface area contributed by atoms with Crippen LogP contribution in [0.2, 0.25) is 0 Å². The van der Waals surface area contributed by atoms with Crippen LogP contribution in [-0.2, 0) is 6.42 Å². The van der Waals surface area contributed by atoms with E-state index in [1.54, 1.807) is 11.3 Å². The lowest BCUT2D eigenvalue weighted by atomic mass is 9.93. The summed E-state index contributed by atoms with van der Waals surface area (Å²) in [6.07, 6.45) is 4.73. The third-order valence-corrected chi connectivity index (χ3v) is 4.88. The first kappa shape index (κ1) is 12.6. The molecule has 0 saturated carbocycles. The minimum absolute atomic E-state index is 0.378. The van der Waals surface area contributed by atoms with Crippen molar-refractivity contribution in [3.05, 3.63) is 71.4 Å². The van der Waals surface area contributed by atoms with Gasteiger partial charge in [0.05, 0.1) is 6.61 Å². The highest BCUT2D eigenvalue weighted by molar-refractivity contribution is 7.13. The second-order valence-corrected chi connectivity index (χ2v) is 6.19. The summed E-state index contributed by atoms with van der Waals surface area (Å²) < 4.78 is 6.06. The van der Waals surface area contributed by atoms with Crippen molar-refractivity contribution in [1.82, 2.24) is 4.98 Å². The highest BCUT2D eigenvalue weighted by Crippen LogP contribution is 2.43. The van der Waals surface area contributed by atoms with Gasteiger partial charge in [0.25, 0.3) is 0 Å². The lowest BCUT2D eigenvalue weighted by Crippen LogP contribution is -2.11. The molecule has 0 saturated heterocycles. The lowest BCUT2D eigenvalue weighted by Gasteiger charge is -2.15. The largest absolute Gasteiger partial charge is 0.492 e. The van der Waals surface area contributed by atoms with Crippen molar-refractivity contribution in [2.75, 3.05) is 6.61 Å². The maximum atomic E-state index is 6.06. The molecule has 1 unspecified atom stereocenters. The molecule has 2 aromatic heterocycles. The van der Waals surface area contributed by atoms with Gasteiger partial charge in [-0.3, -0.25) is 4.98 Å². The number of hydrogen-bond acceptors (Lipinski definition) is 3. The molecule has 0 spiro atoms. The molecule has 2 nitrogen and oxygen atoms in total. The molecule has 0 bridgehead atoms. The second-order valence-electron chi connectivity index (χ2n) is 5.27. The first-order chi connectivity index (χ1) is 10.4. The van der Waals surface area contributed by atoms with Crippen LogP contribution in [0.5, 0.6) is 5.75 Å². The summed E-state index contributed by atoms with van der Waals surface area (Å²) in [5.41, 5.74) is 3.87. The molecule has 21 heavy (non-hydrogen) atoms. The van der Waals surface area contributed by atoms with Crippen LogP contribution >= 0.6 is 11.3 Å². The fraction of sp³-hybridized carbons (Fsp3) is 0.167. The van der Waals surface area contributed by atoms with Crippen molar-refractivity contribution in [1.29, 1.82) is 0 Å². The molecule has 3 heteroatoms. The molecule has 0 N–H and O–H groups in total. The normalized spacial score (nSPS) is 16.5. The zero-order chi connectivity index (χ0) is 14.1. The number of aromatic nitrogens is 1. The number of nitrogens with zero attached hydrogens (tertiary/aromatic N) is 1. The van der Waals surface area contributed by atoms with Crippen molar-refractivity contribution >= 4 is 11.3 Å². The topological polar surface area (TPSA) is 22.1 Å². The van der Waals surface area contributed by atoms with Crippen LogP contribution in [0.15, 0.2) is 60.2 Å². The zero-order valence-corrected chi connectivity index (χ0v) is 12.3. The predicted octanol–water partition coefficient (Wildman–Crippen LogP) is 4.53. The highest BCUT2D eigenvalue weighted by Gasteiger charge is 2.24. The fourth-order valence-corrected chi connectivity index (χ4v) is 3.91. The van der Waals surface area contributed by atoms with Crippen LogP contribution in [0.4, 0.5) is 0 Å². The van der Waals surface area contributed by atoms with Crippen LogP contribution in [0.3, 0.4) is 0 Å². The summed E-state index contributed by atoms with van der Waals surface area (Å²) in [5.74, 6) is 1.37. The van der Waals surface area contributed by atoms with E-state index in [9.17, 15) is 0 Å². The van der Waals surface area contributed by atoms with E-state index in [1.807, 2.05) is 24.5 Å². The number of hydrogen-bond donors (Lipinski definition) is 0. The van der Waals surface area contributed by atoms with E-state index in [4.69, 9.17) is 4.74 Å². The summed E-state index contributed by atoms with van der Waals surface area (Å²) in [7, 11) is 0. The van der Waals surface area contributed by atoms with Crippen molar-refractivity contribution < 1.29 is 4.74 Å². The molecule has 1 aliphatic heterocycles. The number of pyridine rings is 1. The monoisotopic (exact) mass is 293 g/mol. The van der Waals surface area contributed by atoms with E-state index in [2.05, 4.69) is 40.7 Å². The Morgan fingerprint density at radius 3 is 3.00 bits per heavy atom. The Balaban J connectivity index is 1.73. The van der Waals surface area contributed by atoms with Crippen LogP contribution in [0.25, 0.3) is 10.4 Å². The van der Waals surface area contributed by atoms with Crippen molar-refractivity contribution in [3.63, 3.8) is 0 Å². The molecule has 1 aromatic carbocycles. The Hall–Kier alpha value is -2.13. The highest BCUT2D eigenvalue weighted by atomic mass is 32.1. The van der Waals surface area contributed by atoms with Gasteiger partial charge < -0.3 is 4.74 Å². The number of thiophene rings is 1. The Bertz CT molecular complexity index is 751. The molecular weight excluding hydrogens is 278 g/mol.